The van der Waals surface area contributed by atoms with Gasteiger partial charge >= 0.3 is 0 Å². The lowest BCUT2D eigenvalue weighted by atomic mass is 10.3. The van der Waals surface area contributed by atoms with Gasteiger partial charge in [-0.2, -0.15) is 0 Å². The van der Waals surface area contributed by atoms with E-state index in [0.717, 1.165) is 0 Å². The number of hydrogen-bond acceptors (Lipinski definition) is 5. The minimum absolute atomic E-state index is 0.0518. The van der Waals surface area contributed by atoms with Crippen LogP contribution in [0.1, 0.15) is 12.7 Å². The zero-order valence-corrected chi connectivity index (χ0v) is 13.4. The largest absolute Gasteiger partial charge is 0.468 e. The SMILES string of the molecule is CCOCC(=O)Nc1cccc(S(=O)(=O)NCc2ccco2)c1. The quantitative estimate of drug-likeness (QED) is 0.764. The van der Waals surface area contributed by atoms with Crippen LogP contribution in [0.5, 0.6) is 0 Å². The number of hydrogen-bond donors (Lipinski definition) is 2. The molecular formula is C15H18N2O5S. The fraction of sp³-hybridized carbons (Fsp3) is 0.267. The predicted molar refractivity (Wildman–Crippen MR) is 84.3 cm³/mol. The number of amides is 1. The Balaban J connectivity index is 2.04. The van der Waals surface area contributed by atoms with E-state index < -0.39 is 10.0 Å². The summed E-state index contributed by atoms with van der Waals surface area (Å²) in [7, 11) is -3.70. The molecule has 0 unspecified atom stereocenters. The number of carbonyl (C=O) groups excluding carboxylic acids is 1. The van der Waals surface area contributed by atoms with Gasteiger partial charge in [-0.25, -0.2) is 13.1 Å². The highest BCUT2D eigenvalue weighted by Gasteiger charge is 2.15. The average Bonchev–Trinajstić information content (AvgIpc) is 3.05. The Labute approximate surface area is 134 Å². The maximum Gasteiger partial charge on any atom is 0.250 e. The first kappa shape index (κ1) is 17.2. The van der Waals surface area contributed by atoms with Gasteiger partial charge in [0, 0.05) is 12.3 Å². The number of nitrogens with one attached hydrogen (secondary N) is 2. The molecule has 2 N–H and O–H groups in total. The molecule has 0 bridgehead atoms. The van der Waals surface area contributed by atoms with Gasteiger partial charge < -0.3 is 14.5 Å². The molecule has 23 heavy (non-hydrogen) atoms. The molecular weight excluding hydrogens is 320 g/mol. The molecule has 1 aromatic carbocycles. The van der Waals surface area contributed by atoms with Crippen LogP contribution >= 0.6 is 0 Å². The fourth-order valence-corrected chi connectivity index (χ4v) is 2.83. The summed E-state index contributed by atoms with van der Waals surface area (Å²) in [5.74, 6) is 0.166. The Morgan fingerprint density at radius 2 is 2.09 bits per heavy atom. The molecule has 8 heteroatoms. The predicted octanol–water partition coefficient (Wildman–Crippen LogP) is 1.73. The van der Waals surface area contributed by atoms with Crippen molar-refractivity contribution < 1.29 is 22.4 Å². The van der Waals surface area contributed by atoms with E-state index in [1.54, 1.807) is 31.2 Å². The molecule has 0 saturated carbocycles. The van der Waals surface area contributed by atoms with Gasteiger partial charge in [0.2, 0.25) is 15.9 Å². The van der Waals surface area contributed by atoms with E-state index in [1.165, 1.54) is 18.4 Å². The van der Waals surface area contributed by atoms with Gasteiger partial charge in [0.15, 0.2) is 0 Å². The molecule has 2 aromatic rings. The number of carbonyl (C=O) groups is 1. The molecule has 2 rings (SSSR count). The number of anilines is 1. The van der Waals surface area contributed by atoms with Crippen molar-refractivity contribution in [1.29, 1.82) is 0 Å². The number of furan rings is 1. The lowest BCUT2D eigenvalue weighted by Gasteiger charge is -2.09. The van der Waals surface area contributed by atoms with Crippen molar-refractivity contribution in [3.05, 3.63) is 48.4 Å². The van der Waals surface area contributed by atoms with Crippen LogP contribution in [-0.2, 0) is 26.1 Å². The topological polar surface area (TPSA) is 97.6 Å². The summed E-state index contributed by atoms with van der Waals surface area (Å²) in [4.78, 5) is 11.7. The molecule has 124 valence electrons. The van der Waals surface area contributed by atoms with Gasteiger partial charge in [0.1, 0.15) is 12.4 Å². The third-order valence-electron chi connectivity index (χ3n) is 2.88. The monoisotopic (exact) mass is 338 g/mol. The van der Waals surface area contributed by atoms with Crippen LogP contribution in [0.2, 0.25) is 0 Å². The van der Waals surface area contributed by atoms with Crippen molar-refractivity contribution in [3.63, 3.8) is 0 Å². The van der Waals surface area contributed by atoms with E-state index in [0.29, 0.717) is 18.1 Å². The Bertz CT molecular complexity index is 741. The van der Waals surface area contributed by atoms with Gasteiger partial charge in [-0.3, -0.25) is 4.79 Å². The molecule has 0 aliphatic rings. The number of benzene rings is 1. The Morgan fingerprint density at radius 1 is 1.26 bits per heavy atom. The van der Waals surface area contributed by atoms with E-state index in [4.69, 9.17) is 9.15 Å². The summed E-state index contributed by atoms with van der Waals surface area (Å²) in [6.45, 7) is 2.18. The summed E-state index contributed by atoms with van der Waals surface area (Å²) in [6, 6.07) is 9.34. The Morgan fingerprint density at radius 3 is 2.78 bits per heavy atom. The summed E-state index contributed by atoms with van der Waals surface area (Å²) < 4.78 is 37.0. The maximum atomic E-state index is 12.2. The smallest absolute Gasteiger partial charge is 0.250 e. The minimum atomic E-state index is -3.70. The number of sulfonamides is 1. The van der Waals surface area contributed by atoms with Crippen LogP contribution < -0.4 is 10.0 Å². The molecule has 1 heterocycles. The normalized spacial score (nSPS) is 11.3. The summed E-state index contributed by atoms with van der Waals surface area (Å²) in [5, 5.41) is 2.58. The first-order valence-corrected chi connectivity index (χ1v) is 8.49. The highest BCUT2D eigenvalue weighted by atomic mass is 32.2. The highest BCUT2D eigenvalue weighted by Crippen LogP contribution is 2.16. The summed E-state index contributed by atoms with van der Waals surface area (Å²) >= 11 is 0. The molecule has 1 aromatic heterocycles. The van der Waals surface area contributed by atoms with Crippen molar-refractivity contribution >= 4 is 21.6 Å². The maximum absolute atomic E-state index is 12.2. The van der Waals surface area contributed by atoms with Crippen LogP contribution in [0.15, 0.2) is 52.0 Å². The molecule has 0 aliphatic heterocycles. The molecule has 0 saturated heterocycles. The average molecular weight is 338 g/mol. The number of ether oxygens (including phenoxy) is 1. The van der Waals surface area contributed by atoms with Gasteiger partial charge in [-0.05, 0) is 37.3 Å². The van der Waals surface area contributed by atoms with Crippen molar-refractivity contribution in [2.45, 2.75) is 18.4 Å². The van der Waals surface area contributed by atoms with Crippen LogP contribution in [-0.4, -0.2) is 27.5 Å². The second kappa shape index (κ2) is 7.91. The molecule has 1 amide bonds. The van der Waals surface area contributed by atoms with Crippen LogP contribution in [0.3, 0.4) is 0 Å². The standard InChI is InChI=1S/C15H18N2O5S/c1-2-21-11-15(18)17-12-5-3-7-14(9-12)23(19,20)16-10-13-6-4-8-22-13/h3-9,16H,2,10-11H2,1H3,(H,17,18). The summed E-state index contributed by atoms with van der Waals surface area (Å²) in [5.41, 5.74) is 0.385. The zero-order chi connectivity index (χ0) is 16.7. The van der Waals surface area contributed by atoms with E-state index in [-0.39, 0.29) is 24.0 Å². The minimum Gasteiger partial charge on any atom is -0.468 e. The summed E-state index contributed by atoms with van der Waals surface area (Å²) in [6.07, 6.45) is 1.47. The lowest BCUT2D eigenvalue weighted by molar-refractivity contribution is -0.120. The van der Waals surface area contributed by atoms with Crippen LogP contribution in [0.4, 0.5) is 5.69 Å². The van der Waals surface area contributed by atoms with Gasteiger partial charge in [0.05, 0.1) is 17.7 Å². The third-order valence-corrected chi connectivity index (χ3v) is 4.28. The van der Waals surface area contributed by atoms with E-state index in [1.807, 2.05) is 0 Å². The van der Waals surface area contributed by atoms with Crippen molar-refractivity contribution in [1.82, 2.24) is 4.72 Å². The first-order chi connectivity index (χ1) is 11.0. The third kappa shape index (κ3) is 5.20. The Hall–Kier alpha value is -2.16. The second-order valence-corrected chi connectivity index (χ2v) is 6.38. The van der Waals surface area contributed by atoms with Crippen molar-refractivity contribution in [2.75, 3.05) is 18.5 Å². The Kier molecular flexibility index (Phi) is 5.91. The van der Waals surface area contributed by atoms with Crippen LogP contribution in [0.25, 0.3) is 0 Å². The number of rotatable bonds is 8. The molecule has 0 fully saturated rings. The zero-order valence-electron chi connectivity index (χ0n) is 12.6. The van der Waals surface area contributed by atoms with Crippen molar-refractivity contribution in [2.24, 2.45) is 0 Å². The van der Waals surface area contributed by atoms with Gasteiger partial charge in [-0.1, -0.05) is 6.07 Å². The molecule has 0 spiro atoms. The lowest BCUT2D eigenvalue weighted by Crippen LogP contribution is -2.23. The van der Waals surface area contributed by atoms with Gasteiger partial charge in [-0.15, -0.1) is 0 Å². The molecule has 7 nitrogen and oxygen atoms in total. The van der Waals surface area contributed by atoms with E-state index >= 15 is 0 Å². The van der Waals surface area contributed by atoms with E-state index in [9.17, 15) is 13.2 Å². The molecule has 0 aliphatic carbocycles. The molecule has 0 atom stereocenters. The molecule has 0 radical (unpaired) electrons. The van der Waals surface area contributed by atoms with Gasteiger partial charge in [0.25, 0.3) is 0 Å². The highest BCUT2D eigenvalue weighted by molar-refractivity contribution is 7.89. The first-order valence-electron chi connectivity index (χ1n) is 7.01. The van der Waals surface area contributed by atoms with E-state index in [2.05, 4.69) is 10.0 Å². The second-order valence-electron chi connectivity index (χ2n) is 4.62. The fourth-order valence-electron chi connectivity index (χ4n) is 1.80. The van der Waals surface area contributed by atoms with Crippen LogP contribution in [0, 0.1) is 0 Å². The van der Waals surface area contributed by atoms with Crippen molar-refractivity contribution in [3.8, 4) is 0 Å².